The Hall–Kier alpha value is -0.600. The van der Waals surface area contributed by atoms with Crippen LogP contribution in [0.2, 0.25) is 0 Å². The third-order valence-electron chi connectivity index (χ3n) is 2.60. The summed E-state index contributed by atoms with van der Waals surface area (Å²) in [6.45, 7) is 7.08. The Morgan fingerprint density at radius 1 is 1.27 bits per heavy atom. The van der Waals surface area contributed by atoms with E-state index in [1.54, 1.807) is 0 Å². The van der Waals surface area contributed by atoms with Gasteiger partial charge in [0.2, 0.25) is 0 Å². The Labute approximate surface area is 90.9 Å². The van der Waals surface area contributed by atoms with Gasteiger partial charge in [0, 0.05) is 26.2 Å². The number of rotatable bonds is 1. The maximum atomic E-state index is 5.49. The molecule has 2 aliphatic heterocycles. The van der Waals surface area contributed by atoms with Crippen molar-refractivity contribution in [3.05, 3.63) is 0 Å². The third-order valence-corrected chi connectivity index (χ3v) is 2.60. The summed E-state index contributed by atoms with van der Waals surface area (Å²) in [5.74, 6) is 6.33. The molecule has 2 saturated heterocycles. The van der Waals surface area contributed by atoms with E-state index >= 15 is 0 Å². The second-order valence-corrected chi connectivity index (χ2v) is 3.77. The van der Waals surface area contributed by atoms with Crippen LogP contribution in [0.25, 0.3) is 0 Å². The predicted octanol–water partition coefficient (Wildman–Crippen LogP) is -0.690. The van der Waals surface area contributed by atoms with E-state index in [1.165, 1.54) is 0 Å². The lowest BCUT2D eigenvalue weighted by atomic mass is 10.3. The van der Waals surface area contributed by atoms with Gasteiger partial charge >= 0.3 is 0 Å². The van der Waals surface area contributed by atoms with Gasteiger partial charge in [-0.05, 0) is 0 Å². The van der Waals surface area contributed by atoms with Crippen molar-refractivity contribution < 1.29 is 9.47 Å². The van der Waals surface area contributed by atoms with Gasteiger partial charge in [0.1, 0.15) is 6.10 Å². The topological polar surface area (TPSA) is 33.7 Å². The molecule has 1 unspecified atom stereocenters. The van der Waals surface area contributed by atoms with Gasteiger partial charge in [-0.15, -0.1) is 0 Å². The fourth-order valence-electron chi connectivity index (χ4n) is 1.69. The number of nitrogens with one attached hydrogen (secondary N) is 1. The molecule has 84 valence electrons. The first kappa shape index (κ1) is 10.9. The molecule has 0 aromatic rings. The van der Waals surface area contributed by atoms with Crippen LogP contribution in [-0.4, -0.2) is 63.5 Å². The Kier molecular flexibility index (Phi) is 4.42. The normalized spacial score (nSPS) is 28.1. The highest BCUT2D eigenvalue weighted by Gasteiger charge is 2.10. The van der Waals surface area contributed by atoms with E-state index in [0.29, 0.717) is 0 Å². The average Bonchev–Trinajstić information content (AvgIpc) is 2.32. The van der Waals surface area contributed by atoms with Crippen LogP contribution in [0.15, 0.2) is 0 Å². The summed E-state index contributed by atoms with van der Waals surface area (Å²) >= 11 is 0. The van der Waals surface area contributed by atoms with E-state index in [-0.39, 0.29) is 6.10 Å². The Bertz CT molecular complexity index is 235. The monoisotopic (exact) mass is 210 g/mol. The molecule has 4 heteroatoms. The van der Waals surface area contributed by atoms with Gasteiger partial charge in [0.15, 0.2) is 0 Å². The molecule has 0 spiro atoms. The minimum Gasteiger partial charge on any atom is -0.379 e. The lowest BCUT2D eigenvalue weighted by Crippen LogP contribution is -2.38. The summed E-state index contributed by atoms with van der Waals surface area (Å²) in [6.07, 6.45) is 0.0831. The summed E-state index contributed by atoms with van der Waals surface area (Å²) in [6, 6.07) is 0. The number of ether oxygens (including phenoxy) is 2. The summed E-state index contributed by atoms with van der Waals surface area (Å²) in [5, 5.41) is 3.26. The first-order valence-electron chi connectivity index (χ1n) is 5.56. The van der Waals surface area contributed by atoms with Gasteiger partial charge < -0.3 is 14.8 Å². The van der Waals surface area contributed by atoms with Crippen molar-refractivity contribution in [3.8, 4) is 11.8 Å². The van der Waals surface area contributed by atoms with Crippen LogP contribution in [0.4, 0.5) is 0 Å². The van der Waals surface area contributed by atoms with Gasteiger partial charge in [-0.3, -0.25) is 4.90 Å². The molecule has 0 amide bonds. The van der Waals surface area contributed by atoms with Crippen LogP contribution < -0.4 is 5.32 Å². The maximum Gasteiger partial charge on any atom is 0.130 e. The second-order valence-electron chi connectivity index (χ2n) is 3.77. The number of nitrogens with zero attached hydrogens (tertiary/aromatic N) is 1. The molecule has 15 heavy (non-hydrogen) atoms. The summed E-state index contributed by atoms with van der Waals surface area (Å²) < 4.78 is 10.8. The standard InChI is InChI=1S/C11H18N2O2/c1(2-11-10-12-3-7-15-11)4-13-5-8-14-9-6-13/h11-12H,3-10H2. The highest BCUT2D eigenvalue weighted by molar-refractivity contribution is 5.08. The van der Waals surface area contributed by atoms with Crippen molar-refractivity contribution in [1.29, 1.82) is 0 Å². The van der Waals surface area contributed by atoms with Gasteiger partial charge in [0.05, 0.1) is 26.4 Å². The molecule has 1 N–H and O–H groups in total. The largest absolute Gasteiger partial charge is 0.379 e. The first-order valence-corrected chi connectivity index (χ1v) is 5.56. The molecule has 2 fully saturated rings. The average molecular weight is 210 g/mol. The van der Waals surface area contributed by atoms with Crippen molar-refractivity contribution in [3.63, 3.8) is 0 Å². The Morgan fingerprint density at radius 2 is 2.13 bits per heavy atom. The molecule has 0 aromatic heterocycles. The predicted molar refractivity (Wildman–Crippen MR) is 57.6 cm³/mol. The minimum atomic E-state index is 0.0831. The Morgan fingerprint density at radius 3 is 2.87 bits per heavy atom. The molecule has 4 nitrogen and oxygen atoms in total. The van der Waals surface area contributed by atoms with Crippen LogP contribution in [-0.2, 0) is 9.47 Å². The van der Waals surface area contributed by atoms with Crippen molar-refractivity contribution in [2.45, 2.75) is 6.10 Å². The van der Waals surface area contributed by atoms with Gasteiger partial charge in [-0.1, -0.05) is 11.8 Å². The molecule has 0 bridgehead atoms. The van der Waals surface area contributed by atoms with Gasteiger partial charge in [-0.25, -0.2) is 0 Å². The molecular formula is C11H18N2O2. The minimum absolute atomic E-state index is 0.0831. The fraction of sp³-hybridized carbons (Fsp3) is 0.818. The highest BCUT2D eigenvalue weighted by atomic mass is 16.5. The van der Waals surface area contributed by atoms with Crippen molar-refractivity contribution >= 4 is 0 Å². The second kappa shape index (κ2) is 6.09. The van der Waals surface area contributed by atoms with Gasteiger partial charge in [-0.2, -0.15) is 0 Å². The highest BCUT2D eigenvalue weighted by Crippen LogP contribution is 1.96. The molecule has 2 heterocycles. The van der Waals surface area contributed by atoms with Crippen molar-refractivity contribution in [1.82, 2.24) is 10.2 Å². The molecule has 2 rings (SSSR count). The number of hydrogen-bond acceptors (Lipinski definition) is 4. The molecule has 1 atom stereocenters. The summed E-state index contributed by atoms with van der Waals surface area (Å²) in [7, 11) is 0. The van der Waals surface area contributed by atoms with Crippen LogP contribution in [0, 0.1) is 11.8 Å². The number of morpholine rings is 2. The molecule has 0 saturated carbocycles. The molecule has 0 aromatic carbocycles. The smallest absolute Gasteiger partial charge is 0.130 e. The van der Waals surface area contributed by atoms with Gasteiger partial charge in [0.25, 0.3) is 0 Å². The molecule has 0 radical (unpaired) electrons. The van der Waals surface area contributed by atoms with E-state index in [4.69, 9.17) is 9.47 Å². The van der Waals surface area contributed by atoms with Crippen LogP contribution in [0.3, 0.4) is 0 Å². The zero-order valence-corrected chi connectivity index (χ0v) is 9.00. The van der Waals surface area contributed by atoms with E-state index in [1.807, 2.05) is 0 Å². The maximum absolute atomic E-state index is 5.49. The van der Waals surface area contributed by atoms with E-state index in [0.717, 1.165) is 52.5 Å². The lowest BCUT2D eigenvalue weighted by Gasteiger charge is -2.24. The van der Waals surface area contributed by atoms with Crippen molar-refractivity contribution in [2.24, 2.45) is 0 Å². The third kappa shape index (κ3) is 3.80. The van der Waals surface area contributed by atoms with Crippen LogP contribution >= 0.6 is 0 Å². The number of hydrogen-bond donors (Lipinski definition) is 1. The SMILES string of the molecule is C(#CC1CNCCO1)CN1CCOCC1. The van der Waals surface area contributed by atoms with Crippen molar-refractivity contribution in [2.75, 3.05) is 52.5 Å². The Balaban J connectivity index is 1.68. The summed E-state index contributed by atoms with van der Waals surface area (Å²) in [4.78, 5) is 2.31. The van der Waals surface area contributed by atoms with Crippen LogP contribution in [0.5, 0.6) is 0 Å². The molecular weight excluding hydrogens is 192 g/mol. The first-order chi connectivity index (χ1) is 7.45. The lowest BCUT2D eigenvalue weighted by molar-refractivity contribution is 0.0440. The van der Waals surface area contributed by atoms with E-state index in [2.05, 4.69) is 22.1 Å². The van der Waals surface area contributed by atoms with E-state index < -0.39 is 0 Å². The fourth-order valence-corrected chi connectivity index (χ4v) is 1.69. The molecule has 2 aliphatic rings. The zero-order valence-electron chi connectivity index (χ0n) is 9.00. The van der Waals surface area contributed by atoms with Crippen LogP contribution in [0.1, 0.15) is 0 Å². The molecule has 0 aliphatic carbocycles. The van der Waals surface area contributed by atoms with E-state index in [9.17, 15) is 0 Å². The quantitative estimate of drug-likeness (QED) is 0.581. The summed E-state index contributed by atoms with van der Waals surface area (Å²) in [5.41, 5.74) is 0. The zero-order chi connectivity index (χ0) is 10.3.